The fraction of sp³-hybridized carbons (Fsp3) is 0.450. The van der Waals surface area contributed by atoms with Crippen molar-refractivity contribution in [3.8, 4) is 5.75 Å². The van der Waals surface area contributed by atoms with Gasteiger partial charge in [0.05, 0.1) is 12.9 Å². The number of hydrogen-bond donors (Lipinski definition) is 0. The number of nitrogens with zero attached hydrogens (tertiary/aromatic N) is 2. The number of rotatable bonds is 11. The van der Waals surface area contributed by atoms with Gasteiger partial charge < -0.3 is 9.30 Å². The smallest absolute Gasteiger partial charge is 0.126 e. The van der Waals surface area contributed by atoms with Gasteiger partial charge in [-0.25, -0.2) is 4.98 Å². The van der Waals surface area contributed by atoms with Crippen molar-refractivity contribution in [3.05, 3.63) is 55.1 Å². The lowest BCUT2D eigenvalue weighted by atomic mass is 10.1. The predicted molar refractivity (Wildman–Crippen MR) is 96.6 cm³/mol. The lowest BCUT2D eigenvalue weighted by Gasteiger charge is -2.13. The first-order valence-corrected chi connectivity index (χ1v) is 8.67. The second-order valence-corrected chi connectivity index (χ2v) is 5.95. The van der Waals surface area contributed by atoms with E-state index in [2.05, 4.69) is 24.6 Å². The summed E-state index contributed by atoms with van der Waals surface area (Å²) < 4.78 is 8.02. The molecule has 0 saturated carbocycles. The molecule has 0 spiro atoms. The number of unbranched alkanes of at least 4 members (excludes halogenated alkanes) is 5. The highest BCUT2D eigenvalue weighted by molar-refractivity contribution is 5.68. The summed E-state index contributed by atoms with van der Waals surface area (Å²) in [5, 5.41) is 0. The number of allylic oxidation sites excluding steroid dienone is 1. The second kappa shape index (κ2) is 9.88. The lowest BCUT2D eigenvalue weighted by Crippen LogP contribution is -2.02. The first-order chi connectivity index (χ1) is 11.3. The molecular formula is C20H28N2O. The number of benzene rings is 1. The first-order valence-electron chi connectivity index (χ1n) is 8.67. The summed E-state index contributed by atoms with van der Waals surface area (Å²) >= 11 is 0. The standard InChI is InChI=1S/C20H28N2O/c1-3-4-5-6-7-10-15-23-20-12-9-8-11-19(20)18(2)16-22-14-13-21-17-22/h8-9,11-14,17H,2-7,10,15-16H2,1H3. The Morgan fingerprint density at radius 1 is 1.13 bits per heavy atom. The summed E-state index contributed by atoms with van der Waals surface area (Å²) in [6.07, 6.45) is 13.2. The van der Waals surface area contributed by atoms with E-state index in [1.807, 2.05) is 35.3 Å². The molecule has 0 atom stereocenters. The van der Waals surface area contributed by atoms with Gasteiger partial charge in [-0.2, -0.15) is 0 Å². The summed E-state index contributed by atoms with van der Waals surface area (Å²) in [5.41, 5.74) is 2.13. The molecule has 2 rings (SSSR count). The van der Waals surface area contributed by atoms with Crippen molar-refractivity contribution in [3.63, 3.8) is 0 Å². The molecule has 0 saturated heterocycles. The highest BCUT2D eigenvalue weighted by atomic mass is 16.5. The molecule has 0 N–H and O–H groups in total. The Kier molecular flexibility index (Phi) is 7.44. The van der Waals surface area contributed by atoms with Crippen LogP contribution >= 0.6 is 0 Å². The topological polar surface area (TPSA) is 27.1 Å². The van der Waals surface area contributed by atoms with E-state index < -0.39 is 0 Å². The number of para-hydroxylation sites is 1. The van der Waals surface area contributed by atoms with Crippen molar-refractivity contribution >= 4 is 5.57 Å². The molecule has 124 valence electrons. The highest BCUT2D eigenvalue weighted by Gasteiger charge is 2.07. The maximum absolute atomic E-state index is 6.00. The minimum atomic E-state index is 0.734. The number of imidazole rings is 1. The SMILES string of the molecule is C=C(Cn1ccnc1)c1ccccc1OCCCCCCCC. The van der Waals surface area contributed by atoms with Gasteiger partial charge >= 0.3 is 0 Å². The average Bonchev–Trinajstić information content (AvgIpc) is 3.07. The Bertz CT molecular complexity index is 575. The molecule has 0 aliphatic heterocycles. The van der Waals surface area contributed by atoms with Crippen LogP contribution in [0.5, 0.6) is 5.75 Å². The fourth-order valence-corrected chi connectivity index (χ4v) is 2.63. The van der Waals surface area contributed by atoms with Gasteiger partial charge in [0, 0.05) is 24.5 Å². The van der Waals surface area contributed by atoms with E-state index in [9.17, 15) is 0 Å². The summed E-state index contributed by atoms with van der Waals surface area (Å²) in [5.74, 6) is 0.936. The van der Waals surface area contributed by atoms with Crippen molar-refractivity contribution < 1.29 is 4.74 Å². The van der Waals surface area contributed by atoms with Gasteiger partial charge in [0.15, 0.2) is 0 Å². The summed E-state index contributed by atoms with van der Waals surface area (Å²) in [7, 11) is 0. The van der Waals surface area contributed by atoms with Crippen LogP contribution in [0, 0.1) is 0 Å². The average molecular weight is 312 g/mol. The van der Waals surface area contributed by atoms with E-state index in [-0.39, 0.29) is 0 Å². The van der Waals surface area contributed by atoms with Crippen LogP contribution in [-0.4, -0.2) is 16.2 Å². The van der Waals surface area contributed by atoms with Crippen molar-refractivity contribution in [1.82, 2.24) is 9.55 Å². The summed E-state index contributed by atoms with van der Waals surface area (Å²) in [6, 6.07) is 8.16. The molecule has 1 aromatic heterocycles. The van der Waals surface area contributed by atoms with E-state index in [1.54, 1.807) is 6.20 Å². The van der Waals surface area contributed by atoms with Crippen LogP contribution in [0.2, 0.25) is 0 Å². The zero-order valence-corrected chi connectivity index (χ0v) is 14.2. The molecule has 3 heteroatoms. The Morgan fingerprint density at radius 2 is 1.91 bits per heavy atom. The molecule has 1 aromatic carbocycles. The van der Waals surface area contributed by atoms with E-state index in [0.29, 0.717) is 0 Å². The molecule has 0 unspecified atom stereocenters. The Morgan fingerprint density at radius 3 is 2.70 bits per heavy atom. The van der Waals surface area contributed by atoms with Crippen LogP contribution in [0.15, 0.2) is 49.6 Å². The molecule has 0 aliphatic carbocycles. The van der Waals surface area contributed by atoms with E-state index >= 15 is 0 Å². The Labute approximate surface area is 140 Å². The van der Waals surface area contributed by atoms with Crippen molar-refractivity contribution in [2.45, 2.75) is 52.0 Å². The van der Waals surface area contributed by atoms with Gasteiger partial charge in [0.25, 0.3) is 0 Å². The third kappa shape index (κ3) is 5.93. The normalized spacial score (nSPS) is 10.7. The molecule has 2 aromatic rings. The van der Waals surface area contributed by atoms with Crippen molar-refractivity contribution in [1.29, 1.82) is 0 Å². The second-order valence-electron chi connectivity index (χ2n) is 5.95. The fourth-order valence-electron chi connectivity index (χ4n) is 2.63. The Hall–Kier alpha value is -2.03. The van der Waals surface area contributed by atoms with Crippen LogP contribution < -0.4 is 4.74 Å². The minimum Gasteiger partial charge on any atom is -0.493 e. The molecule has 23 heavy (non-hydrogen) atoms. The van der Waals surface area contributed by atoms with E-state index in [1.165, 1.54) is 32.1 Å². The quantitative estimate of drug-likeness (QED) is 0.524. The first kappa shape index (κ1) is 17.3. The molecule has 0 amide bonds. The van der Waals surface area contributed by atoms with Crippen molar-refractivity contribution in [2.24, 2.45) is 0 Å². The Balaban J connectivity index is 1.81. The molecule has 0 bridgehead atoms. The van der Waals surface area contributed by atoms with E-state index in [0.717, 1.165) is 36.5 Å². The van der Waals surface area contributed by atoms with Crippen LogP contribution in [-0.2, 0) is 6.54 Å². The van der Waals surface area contributed by atoms with Gasteiger partial charge in [-0.05, 0) is 18.1 Å². The van der Waals surface area contributed by atoms with Gasteiger partial charge in [-0.3, -0.25) is 0 Å². The van der Waals surface area contributed by atoms with E-state index in [4.69, 9.17) is 4.74 Å². The van der Waals surface area contributed by atoms with Crippen LogP contribution in [0.4, 0.5) is 0 Å². The third-order valence-corrected chi connectivity index (χ3v) is 3.96. The van der Waals surface area contributed by atoms with Crippen LogP contribution in [0.3, 0.4) is 0 Å². The monoisotopic (exact) mass is 312 g/mol. The third-order valence-electron chi connectivity index (χ3n) is 3.96. The summed E-state index contributed by atoms with van der Waals surface area (Å²) in [6.45, 7) is 7.97. The maximum atomic E-state index is 6.00. The number of aromatic nitrogens is 2. The zero-order valence-electron chi connectivity index (χ0n) is 14.2. The zero-order chi connectivity index (χ0) is 16.3. The molecule has 1 heterocycles. The van der Waals surface area contributed by atoms with Crippen LogP contribution in [0.1, 0.15) is 51.0 Å². The molecule has 3 nitrogen and oxygen atoms in total. The lowest BCUT2D eigenvalue weighted by molar-refractivity contribution is 0.303. The number of ether oxygens (including phenoxy) is 1. The van der Waals surface area contributed by atoms with Gasteiger partial charge in [0.1, 0.15) is 5.75 Å². The molecular weight excluding hydrogens is 284 g/mol. The van der Waals surface area contributed by atoms with Crippen molar-refractivity contribution in [2.75, 3.05) is 6.61 Å². The highest BCUT2D eigenvalue weighted by Crippen LogP contribution is 2.26. The van der Waals surface area contributed by atoms with Gasteiger partial charge in [-0.15, -0.1) is 0 Å². The van der Waals surface area contributed by atoms with Gasteiger partial charge in [0.2, 0.25) is 0 Å². The van der Waals surface area contributed by atoms with Gasteiger partial charge in [-0.1, -0.05) is 63.8 Å². The predicted octanol–water partition coefficient (Wildman–Crippen LogP) is 5.34. The number of hydrogen-bond acceptors (Lipinski definition) is 2. The molecule has 0 radical (unpaired) electrons. The molecule has 0 fully saturated rings. The molecule has 0 aliphatic rings. The van der Waals surface area contributed by atoms with Crippen LogP contribution in [0.25, 0.3) is 5.57 Å². The maximum Gasteiger partial charge on any atom is 0.126 e. The summed E-state index contributed by atoms with van der Waals surface area (Å²) in [4.78, 5) is 4.07. The largest absolute Gasteiger partial charge is 0.493 e. The minimum absolute atomic E-state index is 0.734.